The van der Waals surface area contributed by atoms with E-state index in [1.807, 2.05) is 49.4 Å². The van der Waals surface area contributed by atoms with Gasteiger partial charge in [-0.3, -0.25) is 9.59 Å². The molecule has 1 unspecified atom stereocenters. The van der Waals surface area contributed by atoms with Crippen molar-refractivity contribution in [3.8, 4) is 5.75 Å². The second kappa shape index (κ2) is 5.92. The first kappa shape index (κ1) is 15.7. The summed E-state index contributed by atoms with van der Waals surface area (Å²) in [5.41, 5.74) is 3.29. The third-order valence-electron chi connectivity index (χ3n) is 4.84. The van der Waals surface area contributed by atoms with Crippen LogP contribution in [-0.2, 0) is 11.2 Å². The third kappa shape index (κ3) is 2.56. The predicted molar refractivity (Wildman–Crippen MR) is 96.4 cm³/mol. The van der Waals surface area contributed by atoms with Gasteiger partial charge in [0.15, 0.2) is 0 Å². The van der Waals surface area contributed by atoms with Gasteiger partial charge in [-0.15, -0.1) is 0 Å². The van der Waals surface area contributed by atoms with Crippen LogP contribution in [0, 0.1) is 0 Å². The molecule has 2 aliphatic heterocycles. The summed E-state index contributed by atoms with van der Waals surface area (Å²) in [5, 5.41) is 0. The average molecular weight is 336 g/mol. The van der Waals surface area contributed by atoms with Crippen molar-refractivity contribution < 1.29 is 14.3 Å². The number of benzene rings is 2. The standard InChI is InChI=1S/C20H20N2O3/c1-13-12-21(17-5-3-4-6-18(17)22(13)14(2)23)20(24)16-7-8-19-15(11-16)9-10-25-19/h3-8,11,13H,9-10,12H2,1-2H3. The quantitative estimate of drug-likeness (QED) is 0.804. The molecule has 5 nitrogen and oxygen atoms in total. The monoisotopic (exact) mass is 336 g/mol. The van der Waals surface area contributed by atoms with Crippen LogP contribution in [0.4, 0.5) is 11.4 Å². The third-order valence-corrected chi connectivity index (χ3v) is 4.84. The Morgan fingerprint density at radius 3 is 2.64 bits per heavy atom. The molecule has 0 saturated carbocycles. The lowest BCUT2D eigenvalue weighted by molar-refractivity contribution is -0.117. The van der Waals surface area contributed by atoms with Crippen LogP contribution in [0.5, 0.6) is 5.75 Å². The van der Waals surface area contributed by atoms with Crippen LogP contribution < -0.4 is 14.5 Å². The van der Waals surface area contributed by atoms with Crippen LogP contribution in [-0.4, -0.2) is 31.0 Å². The van der Waals surface area contributed by atoms with Crippen molar-refractivity contribution in [2.45, 2.75) is 26.3 Å². The normalized spacial score (nSPS) is 18.4. The van der Waals surface area contributed by atoms with E-state index in [1.54, 1.807) is 16.7 Å². The molecule has 2 aromatic rings. The molecule has 25 heavy (non-hydrogen) atoms. The fourth-order valence-corrected chi connectivity index (χ4v) is 3.73. The Bertz CT molecular complexity index is 862. The Balaban J connectivity index is 1.74. The lowest BCUT2D eigenvalue weighted by Gasteiger charge is -2.40. The van der Waals surface area contributed by atoms with Gasteiger partial charge in [-0.05, 0) is 42.8 Å². The largest absolute Gasteiger partial charge is 0.493 e. The number of para-hydroxylation sites is 2. The number of anilines is 2. The lowest BCUT2D eigenvalue weighted by Crippen LogP contribution is -2.51. The second-order valence-corrected chi connectivity index (χ2v) is 6.56. The van der Waals surface area contributed by atoms with Crippen LogP contribution in [0.2, 0.25) is 0 Å². The molecular formula is C20H20N2O3. The molecular weight excluding hydrogens is 316 g/mol. The average Bonchev–Trinajstić information content (AvgIpc) is 3.07. The minimum Gasteiger partial charge on any atom is -0.493 e. The minimum atomic E-state index is -0.0749. The summed E-state index contributed by atoms with van der Waals surface area (Å²) < 4.78 is 5.52. The first-order valence-electron chi connectivity index (χ1n) is 8.52. The highest BCUT2D eigenvalue weighted by Gasteiger charge is 2.33. The van der Waals surface area contributed by atoms with E-state index in [2.05, 4.69) is 0 Å². The summed E-state index contributed by atoms with van der Waals surface area (Å²) in [7, 11) is 0. The molecule has 0 N–H and O–H groups in total. The molecule has 0 radical (unpaired) electrons. The highest BCUT2D eigenvalue weighted by molar-refractivity contribution is 6.10. The topological polar surface area (TPSA) is 49.9 Å². The van der Waals surface area contributed by atoms with E-state index in [1.165, 1.54) is 0 Å². The predicted octanol–water partition coefficient (Wildman–Crippen LogP) is 3.02. The Morgan fingerprint density at radius 2 is 1.88 bits per heavy atom. The van der Waals surface area contributed by atoms with Crippen molar-refractivity contribution in [1.29, 1.82) is 0 Å². The molecule has 128 valence electrons. The first-order valence-corrected chi connectivity index (χ1v) is 8.52. The summed E-state index contributed by atoms with van der Waals surface area (Å²) in [6.07, 6.45) is 0.835. The zero-order chi connectivity index (χ0) is 17.6. The van der Waals surface area contributed by atoms with Crippen LogP contribution in [0.1, 0.15) is 29.8 Å². The molecule has 0 saturated heterocycles. The Labute approximate surface area is 146 Å². The van der Waals surface area contributed by atoms with Gasteiger partial charge in [0, 0.05) is 25.5 Å². The molecule has 2 aromatic carbocycles. The van der Waals surface area contributed by atoms with Gasteiger partial charge in [0.25, 0.3) is 5.91 Å². The smallest absolute Gasteiger partial charge is 0.258 e. The molecule has 2 amide bonds. The number of carbonyl (C=O) groups is 2. The van der Waals surface area contributed by atoms with E-state index in [9.17, 15) is 9.59 Å². The van der Waals surface area contributed by atoms with Crippen molar-refractivity contribution in [3.05, 3.63) is 53.6 Å². The number of hydrogen-bond donors (Lipinski definition) is 0. The maximum absolute atomic E-state index is 13.2. The van der Waals surface area contributed by atoms with E-state index in [0.29, 0.717) is 18.7 Å². The molecule has 2 heterocycles. The Morgan fingerprint density at radius 1 is 1.12 bits per heavy atom. The van der Waals surface area contributed by atoms with Crippen LogP contribution in [0.3, 0.4) is 0 Å². The van der Waals surface area contributed by atoms with Gasteiger partial charge >= 0.3 is 0 Å². The maximum atomic E-state index is 13.2. The summed E-state index contributed by atoms with van der Waals surface area (Å²) in [5.74, 6) is 0.811. The number of carbonyl (C=O) groups excluding carboxylic acids is 2. The molecule has 1 atom stereocenters. The summed E-state index contributed by atoms with van der Waals surface area (Å²) in [6, 6.07) is 13.1. The summed E-state index contributed by atoms with van der Waals surface area (Å²) >= 11 is 0. The molecule has 0 bridgehead atoms. The number of hydrogen-bond acceptors (Lipinski definition) is 3. The fraction of sp³-hybridized carbons (Fsp3) is 0.300. The van der Waals surface area contributed by atoms with E-state index in [-0.39, 0.29) is 17.9 Å². The molecule has 4 rings (SSSR count). The van der Waals surface area contributed by atoms with Gasteiger partial charge < -0.3 is 14.5 Å². The van der Waals surface area contributed by atoms with Crippen LogP contribution in [0.25, 0.3) is 0 Å². The highest BCUT2D eigenvalue weighted by Crippen LogP contribution is 2.36. The second-order valence-electron chi connectivity index (χ2n) is 6.56. The van der Waals surface area contributed by atoms with E-state index in [4.69, 9.17) is 4.74 Å². The Hall–Kier alpha value is -2.82. The molecule has 0 spiro atoms. The number of nitrogens with zero attached hydrogens (tertiary/aromatic N) is 2. The van der Waals surface area contributed by atoms with Gasteiger partial charge in [-0.2, -0.15) is 0 Å². The van der Waals surface area contributed by atoms with Crippen LogP contribution in [0.15, 0.2) is 42.5 Å². The summed E-state index contributed by atoms with van der Waals surface area (Å²) in [4.78, 5) is 28.8. The number of ether oxygens (including phenoxy) is 1. The zero-order valence-electron chi connectivity index (χ0n) is 14.4. The molecule has 0 aromatic heterocycles. The van der Waals surface area contributed by atoms with E-state index in [0.717, 1.165) is 29.1 Å². The van der Waals surface area contributed by atoms with E-state index < -0.39 is 0 Å². The van der Waals surface area contributed by atoms with Gasteiger partial charge in [0.2, 0.25) is 5.91 Å². The maximum Gasteiger partial charge on any atom is 0.258 e. The van der Waals surface area contributed by atoms with Crippen LogP contribution >= 0.6 is 0 Å². The highest BCUT2D eigenvalue weighted by atomic mass is 16.5. The van der Waals surface area contributed by atoms with Crippen molar-refractivity contribution in [2.24, 2.45) is 0 Å². The van der Waals surface area contributed by atoms with Gasteiger partial charge in [0.1, 0.15) is 5.75 Å². The fourth-order valence-electron chi connectivity index (χ4n) is 3.73. The van der Waals surface area contributed by atoms with Crippen molar-refractivity contribution in [1.82, 2.24) is 0 Å². The summed E-state index contributed by atoms with van der Waals surface area (Å²) in [6.45, 7) is 4.67. The SMILES string of the molecule is CC(=O)N1c2ccccc2N(C(=O)c2ccc3c(c2)CCO3)CC1C. The lowest BCUT2D eigenvalue weighted by atomic mass is 10.0. The van der Waals surface area contributed by atoms with Gasteiger partial charge in [0.05, 0.1) is 24.0 Å². The van der Waals surface area contributed by atoms with E-state index >= 15 is 0 Å². The molecule has 0 fully saturated rings. The minimum absolute atomic E-state index is 0.0123. The molecule has 0 aliphatic carbocycles. The first-order chi connectivity index (χ1) is 12.1. The number of rotatable bonds is 1. The van der Waals surface area contributed by atoms with Crippen molar-refractivity contribution in [2.75, 3.05) is 23.0 Å². The molecule has 2 aliphatic rings. The zero-order valence-corrected chi connectivity index (χ0v) is 14.4. The van der Waals surface area contributed by atoms with Crippen molar-refractivity contribution in [3.63, 3.8) is 0 Å². The number of amides is 2. The van der Waals surface area contributed by atoms with Gasteiger partial charge in [-0.25, -0.2) is 0 Å². The Kier molecular flexibility index (Phi) is 3.71. The van der Waals surface area contributed by atoms with Gasteiger partial charge in [-0.1, -0.05) is 12.1 Å². The molecule has 5 heteroatoms. The number of fused-ring (bicyclic) bond motifs is 2. The van der Waals surface area contributed by atoms with Crippen molar-refractivity contribution >= 4 is 23.2 Å².